The number of nitrogens with one attached hydrogen (secondary N) is 1. The van der Waals surface area contributed by atoms with Crippen LogP contribution in [0.4, 0.5) is 0 Å². The molecule has 0 aromatic carbocycles. The van der Waals surface area contributed by atoms with Crippen LogP contribution in [-0.4, -0.2) is 17.3 Å². The minimum Gasteiger partial charge on any atom is -0.355 e. The fourth-order valence-corrected chi connectivity index (χ4v) is 2.45. The van der Waals surface area contributed by atoms with Gasteiger partial charge in [-0.25, -0.2) is 0 Å². The van der Waals surface area contributed by atoms with E-state index in [-0.39, 0.29) is 17.2 Å². The van der Waals surface area contributed by atoms with Crippen molar-refractivity contribution in [2.45, 2.75) is 51.3 Å². The first kappa shape index (κ1) is 13.0. The monoisotopic (exact) mass is 275 g/mol. The third kappa shape index (κ3) is 3.47. The first-order valence-electron chi connectivity index (χ1n) is 5.89. The molecular weight excluding hydrogens is 254 g/mol. The molecule has 1 saturated carbocycles. The average Bonchev–Trinajstić information content (AvgIpc) is 2.53. The van der Waals surface area contributed by atoms with E-state index in [1.165, 1.54) is 12.8 Å². The maximum Gasteiger partial charge on any atom is 0.223 e. The van der Waals surface area contributed by atoms with E-state index in [1.54, 1.807) is 0 Å². The number of hydrogen-bond donors (Lipinski definition) is 1. The van der Waals surface area contributed by atoms with Crippen molar-refractivity contribution in [3.63, 3.8) is 0 Å². The highest BCUT2D eigenvalue weighted by Crippen LogP contribution is 2.42. The molecule has 0 aliphatic heterocycles. The Labute approximate surface area is 101 Å². The molecule has 0 bridgehead atoms. The van der Waals surface area contributed by atoms with Gasteiger partial charge in [0.05, 0.1) is 0 Å². The lowest BCUT2D eigenvalue weighted by Gasteiger charge is -2.26. The molecule has 1 aliphatic rings. The van der Waals surface area contributed by atoms with Gasteiger partial charge in [0.1, 0.15) is 0 Å². The van der Waals surface area contributed by atoms with Gasteiger partial charge in [-0.1, -0.05) is 43.1 Å². The predicted octanol–water partition coefficient (Wildman–Crippen LogP) is 3.10. The van der Waals surface area contributed by atoms with Gasteiger partial charge in [-0.2, -0.15) is 0 Å². The van der Waals surface area contributed by atoms with E-state index in [4.69, 9.17) is 0 Å². The molecule has 2 unspecified atom stereocenters. The summed E-state index contributed by atoms with van der Waals surface area (Å²) >= 11 is 3.53. The molecule has 1 aliphatic carbocycles. The van der Waals surface area contributed by atoms with Crippen molar-refractivity contribution in [2.75, 3.05) is 6.54 Å². The molecule has 0 spiro atoms. The summed E-state index contributed by atoms with van der Waals surface area (Å²) < 4.78 is 0. The maximum atomic E-state index is 11.9. The van der Waals surface area contributed by atoms with E-state index in [9.17, 15) is 4.79 Å². The summed E-state index contributed by atoms with van der Waals surface area (Å²) in [5.41, 5.74) is 0.193. The molecule has 2 nitrogen and oxygen atoms in total. The summed E-state index contributed by atoms with van der Waals surface area (Å²) in [5.74, 6) is 0.462. The Morgan fingerprint density at radius 1 is 1.60 bits per heavy atom. The summed E-state index contributed by atoms with van der Waals surface area (Å²) in [6.45, 7) is 7.28. The lowest BCUT2D eigenvalue weighted by molar-refractivity contribution is -0.127. The quantitative estimate of drug-likeness (QED) is 0.785. The number of amides is 1. The van der Waals surface area contributed by atoms with Gasteiger partial charge in [0.2, 0.25) is 5.91 Å². The van der Waals surface area contributed by atoms with Crippen LogP contribution in [0.2, 0.25) is 0 Å². The van der Waals surface area contributed by atoms with Gasteiger partial charge < -0.3 is 5.32 Å². The highest BCUT2D eigenvalue weighted by Gasteiger charge is 2.39. The second kappa shape index (κ2) is 5.33. The van der Waals surface area contributed by atoms with Crippen molar-refractivity contribution < 1.29 is 4.79 Å². The maximum absolute atomic E-state index is 11.9. The van der Waals surface area contributed by atoms with Crippen molar-refractivity contribution in [1.82, 2.24) is 5.32 Å². The van der Waals surface area contributed by atoms with Crippen LogP contribution < -0.4 is 5.32 Å². The van der Waals surface area contributed by atoms with Gasteiger partial charge in [-0.3, -0.25) is 4.79 Å². The number of hydrogen-bond acceptors (Lipinski definition) is 1. The molecule has 1 N–H and O–H groups in total. The smallest absolute Gasteiger partial charge is 0.223 e. The lowest BCUT2D eigenvalue weighted by Crippen LogP contribution is -2.38. The zero-order valence-corrected chi connectivity index (χ0v) is 11.6. The van der Waals surface area contributed by atoms with Gasteiger partial charge in [-0.15, -0.1) is 0 Å². The van der Waals surface area contributed by atoms with Crippen LogP contribution in [0.1, 0.15) is 46.5 Å². The molecule has 0 aromatic heterocycles. The van der Waals surface area contributed by atoms with Crippen molar-refractivity contribution in [1.29, 1.82) is 0 Å². The van der Waals surface area contributed by atoms with Crippen LogP contribution >= 0.6 is 15.9 Å². The van der Waals surface area contributed by atoms with Crippen molar-refractivity contribution in [3.05, 3.63) is 0 Å². The van der Waals surface area contributed by atoms with Crippen LogP contribution in [0.3, 0.4) is 0 Å². The van der Waals surface area contributed by atoms with Crippen LogP contribution in [0.25, 0.3) is 0 Å². The van der Waals surface area contributed by atoms with Gasteiger partial charge in [0.15, 0.2) is 0 Å². The van der Waals surface area contributed by atoms with Crippen molar-refractivity contribution >= 4 is 21.8 Å². The minimum atomic E-state index is 0.193. The van der Waals surface area contributed by atoms with Crippen LogP contribution in [-0.2, 0) is 4.79 Å². The Morgan fingerprint density at radius 3 is 2.73 bits per heavy atom. The number of carbonyl (C=O) groups is 1. The summed E-state index contributed by atoms with van der Waals surface area (Å²) in [6, 6.07) is 0. The van der Waals surface area contributed by atoms with Crippen LogP contribution in [0, 0.1) is 11.3 Å². The Bertz CT molecular complexity index is 228. The highest BCUT2D eigenvalue weighted by molar-refractivity contribution is 9.09. The lowest BCUT2D eigenvalue weighted by atomic mass is 9.81. The first-order valence-corrected chi connectivity index (χ1v) is 6.80. The Hall–Kier alpha value is -0.0500. The van der Waals surface area contributed by atoms with Gasteiger partial charge >= 0.3 is 0 Å². The molecule has 0 heterocycles. The summed E-state index contributed by atoms with van der Waals surface area (Å²) in [5, 5.41) is 3.05. The van der Waals surface area contributed by atoms with Crippen LogP contribution in [0.15, 0.2) is 0 Å². The Morgan fingerprint density at radius 2 is 2.27 bits per heavy atom. The standard InChI is InChI=1S/C12H22BrNO/c1-4-9(13)8-14-11(15)10-6-5-7-12(10,2)3/h9-10H,4-8H2,1-3H3,(H,14,15). The Balaban J connectivity index is 2.40. The Kier molecular flexibility index (Phi) is 4.63. The number of alkyl halides is 1. The molecule has 0 aromatic rings. The third-order valence-electron chi connectivity index (χ3n) is 3.51. The first-order chi connectivity index (χ1) is 6.97. The largest absolute Gasteiger partial charge is 0.355 e. The SMILES string of the molecule is CCC(Br)CNC(=O)C1CCCC1(C)C. The molecule has 1 rings (SSSR count). The third-order valence-corrected chi connectivity index (χ3v) is 4.49. The van der Waals surface area contributed by atoms with Gasteiger partial charge in [0.25, 0.3) is 0 Å². The fraction of sp³-hybridized carbons (Fsp3) is 0.917. The topological polar surface area (TPSA) is 29.1 Å². The summed E-state index contributed by atoms with van der Waals surface area (Å²) in [7, 11) is 0. The van der Waals surface area contributed by atoms with Gasteiger partial charge in [0, 0.05) is 17.3 Å². The molecule has 1 fully saturated rings. The van der Waals surface area contributed by atoms with Crippen LogP contribution in [0.5, 0.6) is 0 Å². The van der Waals surface area contributed by atoms with E-state index in [0.717, 1.165) is 19.4 Å². The summed E-state index contributed by atoms with van der Waals surface area (Å²) in [6.07, 6.45) is 4.47. The molecule has 1 amide bonds. The number of carbonyl (C=O) groups excluding carboxylic acids is 1. The van der Waals surface area contributed by atoms with E-state index >= 15 is 0 Å². The van der Waals surface area contributed by atoms with Crippen molar-refractivity contribution in [3.8, 4) is 0 Å². The van der Waals surface area contributed by atoms with E-state index < -0.39 is 0 Å². The van der Waals surface area contributed by atoms with Gasteiger partial charge in [-0.05, 0) is 24.7 Å². The molecule has 2 atom stereocenters. The normalized spacial score (nSPS) is 26.3. The van der Waals surface area contributed by atoms with E-state index in [1.807, 2.05) is 0 Å². The summed E-state index contributed by atoms with van der Waals surface area (Å²) in [4.78, 5) is 12.4. The predicted molar refractivity (Wildman–Crippen MR) is 67.1 cm³/mol. The second-order valence-electron chi connectivity index (χ2n) is 5.18. The molecular formula is C12H22BrNO. The van der Waals surface area contributed by atoms with E-state index in [0.29, 0.717) is 4.83 Å². The molecule has 88 valence electrons. The van der Waals surface area contributed by atoms with E-state index in [2.05, 4.69) is 42.0 Å². The molecule has 3 heteroatoms. The highest BCUT2D eigenvalue weighted by atomic mass is 79.9. The molecule has 15 heavy (non-hydrogen) atoms. The number of rotatable bonds is 4. The fourth-order valence-electron chi connectivity index (χ4n) is 2.29. The molecule has 0 saturated heterocycles. The zero-order valence-electron chi connectivity index (χ0n) is 9.98. The van der Waals surface area contributed by atoms with Crippen molar-refractivity contribution in [2.24, 2.45) is 11.3 Å². The zero-order chi connectivity index (χ0) is 11.5. The number of halogens is 1. The molecule has 0 radical (unpaired) electrons. The second-order valence-corrected chi connectivity index (χ2v) is 6.48. The average molecular weight is 276 g/mol. The minimum absolute atomic E-state index is 0.193.